The van der Waals surface area contributed by atoms with Crippen molar-refractivity contribution in [1.82, 2.24) is 4.90 Å². The quantitative estimate of drug-likeness (QED) is 0.461. The zero-order valence-electron chi connectivity index (χ0n) is 8.48. The van der Waals surface area contributed by atoms with Crippen LogP contribution in [0.25, 0.3) is 0 Å². The van der Waals surface area contributed by atoms with Gasteiger partial charge < -0.3 is 4.90 Å². The van der Waals surface area contributed by atoms with Gasteiger partial charge in [-0.2, -0.15) is 0 Å². The van der Waals surface area contributed by atoms with Crippen LogP contribution in [0.3, 0.4) is 0 Å². The lowest BCUT2D eigenvalue weighted by atomic mass is 10.2. The van der Waals surface area contributed by atoms with Crippen molar-refractivity contribution in [3.63, 3.8) is 0 Å². The van der Waals surface area contributed by atoms with Crippen molar-refractivity contribution in [2.75, 3.05) is 25.0 Å². The summed E-state index contributed by atoms with van der Waals surface area (Å²) in [5.41, 5.74) is 0. The summed E-state index contributed by atoms with van der Waals surface area (Å²) < 4.78 is 0. The molecule has 0 saturated heterocycles. The van der Waals surface area contributed by atoms with E-state index < -0.39 is 0 Å². The van der Waals surface area contributed by atoms with Crippen LogP contribution in [0.4, 0.5) is 0 Å². The fourth-order valence-electron chi connectivity index (χ4n) is 1.31. The van der Waals surface area contributed by atoms with Crippen LogP contribution in [0.5, 0.6) is 0 Å². The maximum atomic E-state index is 3.47. The first-order valence-electron chi connectivity index (χ1n) is 5.13. The Hall–Kier alpha value is 0.440. The molecular weight excluding hydrogens is 214 g/mol. The van der Waals surface area contributed by atoms with Crippen molar-refractivity contribution in [2.45, 2.75) is 39.5 Å². The average molecular weight is 236 g/mol. The molecule has 0 aliphatic heterocycles. The highest BCUT2D eigenvalue weighted by molar-refractivity contribution is 9.09. The lowest BCUT2D eigenvalue weighted by molar-refractivity contribution is 0.299. The first-order valence-corrected chi connectivity index (χ1v) is 6.25. The molecule has 0 N–H and O–H groups in total. The molecule has 0 radical (unpaired) electrons. The van der Waals surface area contributed by atoms with Crippen LogP contribution >= 0.6 is 15.9 Å². The summed E-state index contributed by atoms with van der Waals surface area (Å²) in [6.45, 7) is 8.17. The first-order chi connectivity index (χ1) is 5.85. The summed E-state index contributed by atoms with van der Waals surface area (Å²) in [4.78, 5) is 2.50. The SMILES string of the molecule is CCCCCCN(CC)CCBr. The van der Waals surface area contributed by atoms with E-state index in [1.807, 2.05) is 0 Å². The smallest absolute Gasteiger partial charge is 0.0159 e. The van der Waals surface area contributed by atoms with Crippen LogP contribution < -0.4 is 0 Å². The van der Waals surface area contributed by atoms with Gasteiger partial charge >= 0.3 is 0 Å². The van der Waals surface area contributed by atoms with Gasteiger partial charge in [0, 0.05) is 11.9 Å². The molecule has 0 aliphatic carbocycles. The minimum absolute atomic E-state index is 1.11. The van der Waals surface area contributed by atoms with Crippen molar-refractivity contribution in [1.29, 1.82) is 0 Å². The molecular formula is C10H22BrN. The van der Waals surface area contributed by atoms with Gasteiger partial charge in [0.1, 0.15) is 0 Å². The van der Waals surface area contributed by atoms with Gasteiger partial charge in [-0.25, -0.2) is 0 Å². The van der Waals surface area contributed by atoms with Crippen LogP contribution in [0.1, 0.15) is 39.5 Å². The fourth-order valence-corrected chi connectivity index (χ4v) is 1.81. The molecule has 0 aromatic heterocycles. The van der Waals surface area contributed by atoms with E-state index in [0.29, 0.717) is 0 Å². The van der Waals surface area contributed by atoms with E-state index >= 15 is 0 Å². The lowest BCUT2D eigenvalue weighted by Crippen LogP contribution is -2.26. The van der Waals surface area contributed by atoms with Crippen molar-refractivity contribution in [3.8, 4) is 0 Å². The minimum atomic E-state index is 1.11. The Morgan fingerprint density at radius 2 is 1.75 bits per heavy atom. The third-order valence-electron chi connectivity index (χ3n) is 2.18. The number of nitrogens with zero attached hydrogens (tertiary/aromatic N) is 1. The molecule has 0 heterocycles. The van der Waals surface area contributed by atoms with Crippen molar-refractivity contribution in [3.05, 3.63) is 0 Å². The number of hydrogen-bond acceptors (Lipinski definition) is 1. The Balaban J connectivity index is 3.19. The predicted octanol–water partition coefficient (Wildman–Crippen LogP) is 3.28. The molecule has 0 saturated carbocycles. The number of halogens is 1. The number of hydrogen-bond donors (Lipinski definition) is 0. The molecule has 0 spiro atoms. The monoisotopic (exact) mass is 235 g/mol. The summed E-state index contributed by atoms with van der Waals surface area (Å²) in [5, 5.41) is 1.11. The van der Waals surface area contributed by atoms with Crippen LogP contribution in [-0.2, 0) is 0 Å². The summed E-state index contributed by atoms with van der Waals surface area (Å²) in [5.74, 6) is 0. The highest BCUT2D eigenvalue weighted by Crippen LogP contribution is 2.01. The van der Waals surface area contributed by atoms with Gasteiger partial charge in [-0.1, -0.05) is 49.0 Å². The third-order valence-corrected chi connectivity index (χ3v) is 2.53. The van der Waals surface area contributed by atoms with E-state index in [0.717, 1.165) is 5.33 Å². The predicted molar refractivity (Wildman–Crippen MR) is 60.1 cm³/mol. The van der Waals surface area contributed by atoms with Crippen molar-refractivity contribution >= 4 is 15.9 Å². The van der Waals surface area contributed by atoms with Gasteiger partial charge in [0.05, 0.1) is 0 Å². The Morgan fingerprint density at radius 3 is 2.25 bits per heavy atom. The van der Waals surface area contributed by atoms with E-state index in [-0.39, 0.29) is 0 Å². The van der Waals surface area contributed by atoms with Crippen molar-refractivity contribution < 1.29 is 0 Å². The van der Waals surface area contributed by atoms with Gasteiger partial charge in [0.25, 0.3) is 0 Å². The first kappa shape index (κ1) is 12.4. The average Bonchev–Trinajstić information content (AvgIpc) is 2.10. The molecule has 0 unspecified atom stereocenters. The van der Waals surface area contributed by atoms with E-state index in [2.05, 4.69) is 34.7 Å². The summed E-state index contributed by atoms with van der Waals surface area (Å²) in [6, 6.07) is 0. The number of alkyl halides is 1. The van der Waals surface area contributed by atoms with Crippen LogP contribution in [0.15, 0.2) is 0 Å². The molecule has 0 aromatic rings. The second kappa shape index (κ2) is 9.53. The topological polar surface area (TPSA) is 3.24 Å². The molecule has 2 heteroatoms. The Bertz CT molecular complexity index is 85.9. The number of unbranched alkanes of at least 4 members (excludes halogenated alkanes) is 3. The second-order valence-corrected chi connectivity index (χ2v) is 3.98. The largest absolute Gasteiger partial charge is 0.303 e. The summed E-state index contributed by atoms with van der Waals surface area (Å²) in [6.07, 6.45) is 5.50. The molecule has 0 fully saturated rings. The fraction of sp³-hybridized carbons (Fsp3) is 1.00. The van der Waals surface area contributed by atoms with Crippen molar-refractivity contribution in [2.24, 2.45) is 0 Å². The van der Waals surface area contributed by atoms with Crippen LogP contribution in [0, 0.1) is 0 Å². The lowest BCUT2D eigenvalue weighted by Gasteiger charge is -2.18. The van der Waals surface area contributed by atoms with Gasteiger partial charge in [0.15, 0.2) is 0 Å². The standard InChI is InChI=1S/C10H22BrN/c1-3-5-6-7-9-12(4-2)10-8-11/h3-10H2,1-2H3. The normalized spacial score (nSPS) is 11.0. The van der Waals surface area contributed by atoms with E-state index in [1.54, 1.807) is 0 Å². The summed E-state index contributed by atoms with van der Waals surface area (Å²) >= 11 is 3.47. The maximum absolute atomic E-state index is 3.47. The minimum Gasteiger partial charge on any atom is -0.303 e. The Labute approximate surface area is 85.7 Å². The molecule has 74 valence electrons. The molecule has 0 rings (SSSR count). The van der Waals surface area contributed by atoms with Crippen LogP contribution in [0.2, 0.25) is 0 Å². The van der Waals surface area contributed by atoms with Crippen LogP contribution in [-0.4, -0.2) is 29.9 Å². The Kier molecular flexibility index (Phi) is 9.88. The second-order valence-electron chi connectivity index (χ2n) is 3.18. The number of rotatable bonds is 8. The van der Waals surface area contributed by atoms with Gasteiger partial charge in [-0.05, 0) is 19.5 Å². The Morgan fingerprint density at radius 1 is 1.00 bits per heavy atom. The van der Waals surface area contributed by atoms with Gasteiger partial charge in [-0.15, -0.1) is 0 Å². The zero-order chi connectivity index (χ0) is 9.23. The highest BCUT2D eigenvalue weighted by Gasteiger charge is 1.99. The van der Waals surface area contributed by atoms with E-state index in [9.17, 15) is 0 Å². The molecule has 1 nitrogen and oxygen atoms in total. The molecule has 12 heavy (non-hydrogen) atoms. The third kappa shape index (κ3) is 7.11. The molecule has 0 atom stereocenters. The molecule has 0 aromatic carbocycles. The maximum Gasteiger partial charge on any atom is 0.0159 e. The molecule has 0 aliphatic rings. The van der Waals surface area contributed by atoms with Gasteiger partial charge in [0.2, 0.25) is 0 Å². The van der Waals surface area contributed by atoms with E-state index in [1.165, 1.54) is 45.3 Å². The summed E-state index contributed by atoms with van der Waals surface area (Å²) in [7, 11) is 0. The highest BCUT2D eigenvalue weighted by atomic mass is 79.9. The van der Waals surface area contributed by atoms with Gasteiger partial charge in [-0.3, -0.25) is 0 Å². The zero-order valence-corrected chi connectivity index (χ0v) is 10.1. The molecule has 0 amide bonds. The molecule has 0 bridgehead atoms. The van der Waals surface area contributed by atoms with E-state index in [4.69, 9.17) is 0 Å².